The molecule has 0 heterocycles. The van der Waals surface area contributed by atoms with Gasteiger partial charge in [0.15, 0.2) is 0 Å². The van der Waals surface area contributed by atoms with Crippen molar-refractivity contribution in [3.63, 3.8) is 0 Å². The molecule has 0 aliphatic heterocycles. The van der Waals surface area contributed by atoms with Crippen molar-refractivity contribution in [2.24, 2.45) is 5.92 Å². The van der Waals surface area contributed by atoms with Gasteiger partial charge in [0.2, 0.25) is 11.8 Å². The number of benzene rings is 3. The van der Waals surface area contributed by atoms with Crippen molar-refractivity contribution < 1.29 is 22.7 Å². The molecule has 0 saturated carbocycles. The number of hydrogen-bond donors (Lipinski definition) is 1. The van der Waals surface area contributed by atoms with E-state index in [9.17, 15) is 18.0 Å². The van der Waals surface area contributed by atoms with Gasteiger partial charge < -0.3 is 15.0 Å². The van der Waals surface area contributed by atoms with Crippen molar-refractivity contribution in [1.29, 1.82) is 0 Å². The lowest BCUT2D eigenvalue weighted by Gasteiger charge is -2.33. The molecular weight excluding hydrogens is 526 g/mol. The molecule has 0 aromatic heterocycles. The zero-order valence-electron chi connectivity index (χ0n) is 23.8. The Morgan fingerprint density at radius 1 is 0.925 bits per heavy atom. The molecule has 1 atom stereocenters. The molecule has 3 aromatic rings. The van der Waals surface area contributed by atoms with Crippen LogP contribution in [0.25, 0.3) is 0 Å². The molecule has 0 bridgehead atoms. The van der Waals surface area contributed by atoms with Crippen LogP contribution in [0.4, 0.5) is 5.69 Å². The minimum absolute atomic E-state index is 0.0816. The van der Waals surface area contributed by atoms with Gasteiger partial charge in [-0.2, -0.15) is 0 Å². The average Bonchev–Trinajstić information content (AvgIpc) is 2.95. The molecule has 2 amide bonds. The van der Waals surface area contributed by atoms with Crippen LogP contribution in [0.2, 0.25) is 0 Å². The monoisotopic (exact) mass is 565 g/mol. The lowest BCUT2D eigenvalue weighted by atomic mass is 10.1. The Bertz CT molecular complexity index is 1360. The maximum absolute atomic E-state index is 14.0. The van der Waals surface area contributed by atoms with E-state index in [-0.39, 0.29) is 23.3 Å². The Hall–Kier alpha value is -3.85. The second-order valence-electron chi connectivity index (χ2n) is 10.1. The van der Waals surface area contributed by atoms with Gasteiger partial charge >= 0.3 is 0 Å². The van der Waals surface area contributed by atoms with Crippen molar-refractivity contribution in [1.82, 2.24) is 10.2 Å². The molecular formula is C31H39N3O5S. The maximum Gasteiger partial charge on any atom is 0.264 e. The fourth-order valence-corrected chi connectivity index (χ4v) is 5.64. The third-order valence-electron chi connectivity index (χ3n) is 6.51. The summed E-state index contributed by atoms with van der Waals surface area (Å²) in [4.78, 5) is 28.9. The average molecular weight is 566 g/mol. The maximum atomic E-state index is 14.0. The summed E-state index contributed by atoms with van der Waals surface area (Å²) in [6, 6.07) is 21.5. The summed E-state index contributed by atoms with van der Waals surface area (Å²) < 4.78 is 34.1. The van der Waals surface area contributed by atoms with E-state index < -0.39 is 28.5 Å². The lowest BCUT2D eigenvalue weighted by Crippen LogP contribution is -2.52. The molecule has 3 rings (SSSR count). The largest absolute Gasteiger partial charge is 0.497 e. The first-order valence-electron chi connectivity index (χ1n) is 13.4. The van der Waals surface area contributed by atoms with E-state index >= 15 is 0 Å². The van der Waals surface area contributed by atoms with Crippen LogP contribution in [-0.4, -0.2) is 51.4 Å². The summed E-state index contributed by atoms with van der Waals surface area (Å²) in [6.07, 6.45) is 0.363. The second-order valence-corrected chi connectivity index (χ2v) is 12.0. The number of sulfonamides is 1. The van der Waals surface area contributed by atoms with Crippen LogP contribution in [0, 0.1) is 12.8 Å². The van der Waals surface area contributed by atoms with Gasteiger partial charge in [-0.05, 0) is 61.2 Å². The summed E-state index contributed by atoms with van der Waals surface area (Å²) in [5, 5.41) is 2.93. The zero-order valence-corrected chi connectivity index (χ0v) is 24.6. The number of ether oxygens (including phenoxy) is 1. The van der Waals surface area contributed by atoms with Crippen molar-refractivity contribution in [2.75, 3.05) is 24.5 Å². The Morgan fingerprint density at radius 2 is 1.55 bits per heavy atom. The topological polar surface area (TPSA) is 96.0 Å². The smallest absolute Gasteiger partial charge is 0.264 e. The summed E-state index contributed by atoms with van der Waals surface area (Å²) in [7, 11) is -2.51. The van der Waals surface area contributed by atoms with Crippen LogP contribution >= 0.6 is 0 Å². The van der Waals surface area contributed by atoms with E-state index in [0.717, 1.165) is 15.4 Å². The molecule has 0 spiro atoms. The molecule has 40 heavy (non-hydrogen) atoms. The number of methoxy groups -OCH3 is 1. The fraction of sp³-hybridized carbons (Fsp3) is 0.355. The van der Waals surface area contributed by atoms with Crippen LogP contribution in [-0.2, 0) is 26.2 Å². The number of hydrogen-bond acceptors (Lipinski definition) is 5. The van der Waals surface area contributed by atoms with E-state index in [2.05, 4.69) is 5.32 Å². The first-order chi connectivity index (χ1) is 19.1. The highest BCUT2D eigenvalue weighted by molar-refractivity contribution is 7.92. The van der Waals surface area contributed by atoms with Gasteiger partial charge in [-0.3, -0.25) is 13.9 Å². The predicted octanol–water partition coefficient (Wildman–Crippen LogP) is 4.78. The number of carbonyl (C=O) groups excluding carboxylic acids is 2. The van der Waals surface area contributed by atoms with Gasteiger partial charge in [0.1, 0.15) is 18.3 Å². The number of nitrogens with zero attached hydrogens (tertiary/aromatic N) is 2. The van der Waals surface area contributed by atoms with E-state index in [4.69, 9.17) is 4.74 Å². The van der Waals surface area contributed by atoms with Crippen molar-refractivity contribution in [3.8, 4) is 5.75 Å². The molecule has 1 unspecified atom stereocenters. The number of para-hydroxylation sites is 1. The van der Waals surface area contributed by atoms with Gasteiger partial charge in [0.25, 0.3) is 10.0 Å². The van der Waals surface area contributed by atoms with Gasteiger partial charge in [-0.15, -0.1) is 0 Å². The quantitative estimate of drug-likeness (QED) is 0.322. The molecule has 9 heteroatoms. The minimum atomic E-state index is -4.09. The highest BCUT2D eigenvalue weighted by Gasteiger charge is 2.33. The highest BCUT2D eigenvalue weighted by atomic mass is 32.2. The normalized spacial score (nSPS) is 12.1. The fourth-order valence-electron chi connectivity index (χ4n) is 4.23. The minimum Gasteiger partial charge on any atom is -0.497 e. The first kappa shape index (κ1) is 30.7. The molecule has 0 aliphatic carbocycles. The summed E-state index contributed by atoms with van der Waals surface area (Å²) >= 11 is 0. The SMILES string of the molecule is CCC(C(=O)NCC(C)C)N(Cc1ccc(OC)cc1)C(=O)CN(c1ccccc1)S(=O)(=O)c1ccc(C)cc1. The van der Waals surface area contributed by atoms with Crippen LogP contribution < -0.4 is 14.4 Å². The molecule has 0 saturated heterocycles. The van der Waals surface area contributed by atoms with Gasteiger partial charge in [0.05, 0.1) is 17.7 Å². The lowest BCUT2D eigenvalue weighted by molar-refractivity contribution is -0.140. The Labute approximate surface area is 238 Å². The van der Waals surface area contributed by atoms with E-state index in [1.54, 1.807) is 61.7 Å². The standard InChI is InChI=1S/C31H39N3O5S/c1-6-29(31(36)32-20-23(2)3)33(21-25-14-16-27(39-5)17-15-25)30(35)22-34(26-10-8-7-9-11-26)40(37,38)28-18-12-24(4)13-19-28/h7-19,23,29H,6,20-22H2,1-5H3,(H,32,36). The second kappa shape index (κ2) is 14.0. The van der Waals surface area contributed by atoms with E-state index in [1.807, 2.05) is 39.8 Å². The Morgan fingerprint density at radius 3 is 2.10 bits per heavy atom. The van der Waals surface area contributed by atoms with Crippen LogP contribution in [0.15, 0.2) is 83.8 Å². The molecule has 0 radical (unpaired) electrons. The molecule has 214 valence electrons. The Kier molecular flexibility index (Phi) is 10.7. The number of amides is 2. The van der Waals surface area contributed by atoms with Crippen LogP contribution in [0.1, 0.15) is 38.3 Å². The predicted molar refractivity (Wildman–Crippen MR) is 158 cm³/mol. The zero-order chi connectivity index (χ0) is 29.3. The molecule has 8 nitrogen and oxygen atoms in total. The van der Waals surface area contributed by atoms with Crippen LogP contribution in [0.3, 0.4) is 0 Å². The highest BCUT2D eigenvalue weighted by Crippen LogP contribution is 2.25. The van der Waals surface area contributed by atoms with Gasteiger partial charge in [0, 0.05) is 13.1 Å². The van der Waals surface area contributed by atoms with Crippen molar-refractivity contribution in [2.45, 2.75) is 51.6 Å². The van der Waals surface area contributed by atoms with E-state index in [0.29, 0.717) is 24.4 Å². The molecule has 0 fully saturated rings. The number of anilines is 1. The molecule has 3 aromatic carbocycles. The summed E-state index contributed by atoms with van der Waals surface area (Å²) in [6.45, 7) is 7.84. The van der Waals surface area contributed by atoms with E-state index in [1.165, 1.54) is 17.0 Å². The third kappa shape index (κ3) is 7.85. The van der Waals surface area contributed by atoms with Gasteiger partial charge in [-0.25, -0.2) is 8.42 Å². The summed E-state index contributed by atoms with van der Waals surface area (Å²) in [5.41, 5.74) is 2.07. The Balaban J connectivity index is 2.01. The summed E-state index contributed by atoms with van der Waals surface area (Å²) in [5.74, 6) is 0.149. The molecule has 0 aliphatic rings. The van der Waals surface area contributed by atoms with Crippen LogP contribution in [0.5, 0.6) is 5.75 Å². The van der Waals surface area contributed by atoms with Crippen molar-refractivity contribution >= 4 is 27.5 Å². The van der Waals surface area contributed by atoms with Crippen molar-refractivity contribution in [3.05, 3.63) is 90.0 Å². The first-order valence-corrected chi connectivity index (χ1v) is 14.8. The third-order valence-corrected chi connectivity index (χ3v) is 8.30. The number of carbonyl (C=O) groups is 2. The number of rotatable bonds is 13. The molecule has 1 N–H and O–H groups in total. The van der Waals surface area contributed by atoms with Gasteiger partial charge in [-0.1, -0.05) is 68.8 Å². The number of aryl methyl sites for hydroxylation is 1. The number of nitrogens with one attached hydrogen (secondary N) is 1.